The van der Waals surface area contributed by atoms with E-state index in [0.29, 0.717) is 11.4 Å². The van der Waals surface area contributed by atoms with E-state index >= 15 is 0 Å². The summed E-state index contributed by atoms with van der Waals surface area (Å²) in [5, 5.41) is 7.93. The predicted octanol–water partition coefficient (Wildman–Crippen LogP) is 6.63. The van der Waals surface area contributed by atoms with E-state index in [2.05, 4.69) is 47.9 Å². The summed E-state index contributed by atoms with van der Waals surface area (Å²) in [6.07, 6.45) is 1.33. The van der Waals surface area contributed by atoms with Crippen molar-refractivity contribution in [1.29, 1.82) is 0 Å². The van der Waals surface area contributed by atoms with Gasteiger partial charge in [0, 0.05) is 22.7 Å². The molecule has 1 aliphatic carbocycles. The molecule has 2 atom stereocenters. The number of allylic oxidation sites excluding steroid dienone is 1. The second kappa shape index (κ2) is 7.66. The van der Waals surface area contributed by atoms with Crippen LogP contribution in [0, 0.1) is 6.92 Å². The monoisotopic (exact) mass is 414 g/mol. The number of nitrogens with one attached hydrogen (secondary N) is 2. The molecular weight excluding hydrogens is 392 g/mol. The maximum Gasteiger partial charge on any atom is 0.163 e. The Hall–Kier alpha value is -3.04. The number of carbonyl (C=O) groups excluding carboxylic acids is 1. The highest BCUT2D eigenvalue weighted by molar-refractivity contribution is 6.30. The third-order valence-corrected chi connectivity index (χ3v) is 6.28. The van der Waals surface area contributed by atoms with Crippen molar-refractivity contribution in [1.82, 2.24) is 0 Å². The van der Waals surface area contributed by atoms with Crippen LogP contribution in [0.3, 0.4) is 0 Å². The van der Waals surface area contributed by atoms with Gasteiger partial charge in [-0.25, -0.2) is 0 Å². The van der Waals surface area contributed by atoms with Crippen LogP contribution in [0.25, 0.3) is 0 Å². The molecule has 4 heteroatoms. The number of rotatable bonds is 2. The minimum absolute atomic E-state index is 0.183. The topological polar surface area (TPSA) is 41.1 Å². The molecule has 0 spiro atoms. The van der Waals surface area contributed by atoms with E-state index in [4.69, 9.17) is 11.6 Å². The van der Waals surface area contributed by atoms with Crippen LogP contribution in [0.1, 0.15) is 41.5 Å². The number of halogens is 1. The summed E-state index contributed by atoms with van der Waals surface area (Å²) in [6.45, 7) is 2.08. The van der Waals surface area contributed by atoms with Crippen LogP contribution in [0.5, 0.6) is 0 Å². The van der Waals surface area contributed by atoms with E-state index in [0.717, 1.165) is 34.6 Å². The molecule has 30 heavy (non-hydrogen) atoms. The first kappa shape index (κ1) is 19.0. The van der Waals surface area contributed by atoms with Crippen molar-refractivity contribution in [3.8, 4) is 0 Å². The van der Waals surface area contributed by atoms with Crippen LogP contribution in [-0.2, 0) is 4.79 Å². The molecule has 3 nitrogen and oxygen atoms in total. The zero-order valence-corrected chi connectivity index (χ0v) is 17.5. The van der Waals surface area contributed by atoms with Gasteiger partial charge in [0.2, 0.25) is 0 Å². The fourth-order valence-corrected chi connectivity index (χ4v) is 4.65. The minimum Gasteiger partial charge on any atom is -0.372 e. The van der Waals surface area contributed by atoms with E-state index in [1.54, 1.807) is 0 Å². The standard InChI is InChI=1S/C26H23ClN2O/c1-16-7-12-21-22(13-16)29-26(18-8-10-20(27)11-9-18)25-23(28-21)14-19(15-24(25)30)17-5-3-2-4-6-17/h2-13,19,26,28-29H,14-15H2,1H3/t19-,26-/m1/s1. The Bertz CT molecular complexity index is 1140. The van der Waals surface area contributed by atoms with Gasteiger partial charge < -0.3 is 10.6 Å². The zero-order chi connectivity index (χ0) is 20.7. The van der Waals surface area contributed by atoms with Crippen LogP contribution >= 0.6 is 11.6 Å². The average Bonchev–Trinajstić information content (AvgIpc) is 2.91. The van der Waals surface area contributed by atoms with Crippen molar-refractivity contribution >= 4 is 28.8 Å². The molecule has 0 aromatic heterocycles. The lowest BCUT2D eigenvalue weighted by molar-refractivity contribution is -0.116. The van der Waals surface area contributed by atoms with Crippen molar-refractivity contribution in [2.75, 3.05) is 10.6 Å². The second-order valence-electron chi connectivity index (χ2n) is 8.13. The van der Waals surface area contributed by atoms with Crippen molar-refractivity contribution in [3.63, 3.8) is 0 Å². The van der Waals surface area contributed by atoms with Crippen molar-refractivity contribution < 1.29 is 4.79 Å². The molecule has 0 saturated heterocycles. The number of anilines is 2. The lowest BCUT2D eigenvalue weighted by Crippen LogP contribution is -2.26. The van der Waals surface area contributed by atoms with Crippen molar-refractivity contribution in [2.45, 2.75) is 31.7 Å². The lowest BCUT2D eigenvalue weighted by Gasteiger charge is -2.30. The lowest BCUT2D eigenvalue weighted by atomic mass is 9.78. The van der Waals surface area contributed by atoms with Gasteiger partial charge in [-0.2, -0.15) is 0 Å². The molecule has 0 bridgehead atoms. The van der Waals surface area contributed by atoms with Crippen LogP contribution in [0.4, 0.5) is 11.4 Å². The van der Waals surface area contributed by atoms with Crippen LogP contribution in [0.15, 0.2) is 84.1 Å². The molecule has 0 saturated carbocycles. The number of ketones is 1. The highest BCUT2D eigenvalue weighted by atomic mass is 35.5. The smallest absolute Gasteiger partial charge is 0.163 e. The molecule has 150 valence electrons. The fourth-order valence-electron chi connectivity index (χ4n) is 4.53. The first-order chi connectivity index (χ1) is 14.6. The number of fused-ring (bicyclic) bond motifs is 1. The SMILES string of the molecule is Cc1ccc2c(c1)N[C@H](c1ccc(Cl)cc1)C1=C(C[C@@H](c3ccccc3)CC1=O)N2. The van der Waals surface area contributed by atoms with Gasteiger partial charge in [-0.05, 0) is 60.2 Å². The van der Waals surface area contributed by atoms with E-state index in [1.165, 1.54) is 11.1 Å². The molecule has 3 aromatic carbocycles. The minimum atomic E-state index is -0.211. The summed E-state index contributed by atoms with van der Waals surface area (Å²) in [6, 6.07) is 24.2. The number of carbonyl (C=O) groups is 1. The van der Waals surface area contributed by atoms with Crippen LogP contribution in [-0.4, -0.2) is 5.78 Å². The molecule has 2 N–H and O–H groups in total. The summed E-state index contributed by atoms with van der Waals surface area (Å²) in [5.74, 6) is 0.373. The molecule has 0 unspecified atom stereocenters. The molecular formula is C26H23ClN2O. The number of aryl methyl sites for hydroxylation is 1. The Morgan fingerprint density at radius 1 is 0.867 bits per heavy atom. The first-order valence-electron chi connectivity index (χ1n) is 10.3. The van der Waals surface area contributed by atoms with Gasteiger partial charge >= 0.3 is 0 Å². The summed E-state index contributed by atoms with van der Waals surface area (Å²) in [7, 11) is 0. The Balaban J connectivity index is 1.62. The predicted molar refractivity (Wildman–Crippen MR) is 123 cm³/mol. The van der Waals surface area contributed by atoms with E-state index < -0.39 is 0 Å². The largest absolute Gasteiger partial charge is 0.372 e. The molecule has 0 amide bonds. The third-order valence-electron chi connectivity index (χ3n) is 6.03. The zero-order valence-electron chi connectivity index (χ0n) is 16.8. The molecule has 2 aliphatic rings. The van der Waals surface area contributed by atoms with Crippen molar-refractivity contribution in [2.24, 2.45) is 0 Å². The van der Waals surface area contributed by atoms with Gasteiger partial charge in [0.05, 0.1) is 17.4 Å². The van der Waals surface area contributed by atoms with Gasteiger partial charge in [-0.1, -0.05) is 60.1 Å². The summed E-state index contributed by atoms with van der Waals surface area (Å²) in [5.41, 5.74) is 7.28. The Labute approximate surface area is 181 Å². The summed E-state index contributed by atoms with van der Waals surface area (Å²) in [4.78, 5) is 13.5. The van der Waals surface area contributed by atoms with Gasteiger partial charge in [-0.15, -0.1) is 0 Å². The van der Waals surface area contributed by atoms with Gasteiger partial charge in [0.15, 0.2) is 5.78 Å². The van der Waals surface area contributed by atoms with Crippen molar-refractivity contribution in [3.05, 3.63) is 106 Å². The maximum absolute atomic E-state index is 13.5. The third kappa shape index (κ3) is 3.50. The summed E-state index contributed by atoms with van der Waals surface area (Å²) >= 11 is 6.13. The van der Waals surface area contributed by atoms with E-state index in [-0.39, 0.29) is 17.7 Å². The number of benzene rings is 3. The first-order valence-corrected chi connectivity index (χ1v) is 10.7. The second-order valence-corrected chi connectivity index (χ2v) is 8.57. The summed E-state index contributed by atoms with van der Waals surface area (Å²) < 4.78 is 0. The normalized spacial score (nSPS) is 20.5. The fraction of sp³-hybridized carbons (Fsp3) is 0.192. The Morgan fingerprint density at radius 3 is 2.40 bits per heavy atom. The van der Waals surface area contributed by atoms with E-state index in [1.807, 2.05) is 42.5 Å². The van der Waals surface area contributed by atoms with Crippen LogP contribution < -0.4 is 10.6 Å². The van der Waals surface area contributed by atoms with Gasteiger partial charge in [0.1, 0.15) is 0 Å². The average molecular weight is 415 g/mol. The highest BCUT2D eigenvalue weighted by Gasteiger charge is 2.36. The molecule has 1 heterocycles. The quantitative estimate of drug-likeness (QED) is 0.494. The Kier molecular flexibility index (Phi) is 4.84. The maximum atomic E-state index is 13.5. The molecule has 1 aliphatic heterocycles. The van der Waals surface area contributed by atoms with Crippen LogP contribution in [0.2, 0.25) is 5.02 Å². The van der Waals surface area contributed by atoms with E-state index in [9.17, 15) is 4.79 Å². The number of hydrogen-bond acceptors (Lipinski definition) is 3. The Morgan fingerprint density at radius 2 is 1.63 bits per heavy atom. The number of Topliss-reactive ketones (excluding diaryl/α,β-unsaturated/α-hetero) is 1. The molecule has 3 aromatic rings. The highest BCUT2D eigenvalue weighted by Crippen LogP contribution is 2.44. The number of hydrogen-bond donors (Lipinski definition) is 2. The molecule has 0 fully saturated rings. The molecule has 5 rings (SSSR count). The van der Waals surface area contributed by atoms with Gasteiger partial charge in [-0.3, -0.25) is 4.79 Å². The van der Waals surface area contributed by atoms with Gasteiger partial charge in [0.25, 0.3) is 0 Å². The molecule has 0 radical (unpaired) electrons.